The van der Waals surface area contributed by atoms with Gasteiger partial charge in [-0.2, -0.15) is 0 Å². The van der Waals surface area contributed by atoms with Gasteiger partial charge in [0.25, 0.3) is 0 Å². The van der Waals surface area contributed by atoms with Crippen molar-refractivity contribution >= 4 is 11.9 Å². The predicted molar refractivity (Wildman–Crippen MR) is 52.3 cm³/mol. The zero-order valence-electron chi connectivity index (χ0n) is 8.86. The van der Waals surface area contributed by atoms with Crippen LogP contribution in [-0.2, 0) is 9.59 Å². The standard InChI is InChI=1S/C9H17NO5/c1-9(15,10-2)6(8(13)14)4-3-5-7(11)12/h6,10,15H,3-5H2,1-2H3,(H,11,12)(H,13,14). The van der Waals surface area contributed by atoms with Crippen molar-refractivity contribution in [2.75, 3.05) is 7.05 Å². The topological polar surface area (TPSA) is 107 Å². The lowest BCUT2D eigenvalue weighted by atomic mass is 9.91. The number of aliphatic carboxylic acids is 2. The van der Waals surface area contributed by atoms with Crippen molar-refractivity contribution in [3.05, 3.63) is 0 Å². The van der Waals surface area contributed by atoms with E-state index < -0.39 is 23.6 Å². The summed E-state index contributed by atoms with van der Waals surface area (Å²) in [5.74, 6) is -3.12. The number of carbonyl (C=O) groups is 2. The Morgan fingerprint density at radius 1 is 1.40 bits per heavy atom. The number of aliphatic hydroxyl groups is 1. The average Bonchev–Trinajstić information content (AvgIpc) is 2.11. The van der Waals surface area contributed by atoms with Crippen molar-refractivity contribution in [2.45, 2.75) is 31.9 Å². The van der Waals surface area contributed by atoms with Crippen LogP contribution in [0.15, 0.2) is 0 Å². The molecule has 0 amide bonds. The zero-order chi connectivity index (χ0) is 12.1. The summed E-state index contributed by atoms with van der Waals surface area (Å²) in [4.78, 5) is 21.1. The van der Waals surface area contributed by atoms with Gasteiger partial charge in [0.1, 0.15) is 5.72 Å². The molecule has 4 N–H and O–H groups in total. The van der Waals surface area contributed by atoms with E-state index >= 15 is 0 Å². The SMILES string of the molecule is CNC(C)(O)C(CCCC(=O)O)C(=O)O. The van der Waals surface area contributed by atoms with Gasteiger partial charge in [-0.3, -0.25) is 14.9 Å². The first-order chi connectivity index (χ1) is 6.81. The highest BCUT2D eigenvalue weighted by Gasteiger charge is 2.35. The molecule has 15 heavy (non-hydrogen) atoms. The van der Waals surface area contributed by atoms with Crippen LogP contribution in [0.4, 0.5) is 0 Å². The highest BCUT2D eigenvalue weighted by molar-refractivity contribution is 5.71. The van der Waals surface area contributed by atoms with Crippen LogP contribution < -0.4 is 5.32 Å². The largest absolute Gasteiger partial charge is 0.481 e. The lowest BCUT2D eigenvalue weighted by molar-refractivity contribution is -0.154. The van der Waals surface area contributed by atoms with Crippen molar-refractivity contribution in [3.63, 3.8) is 0 Å². The van der Waals surface area contributed by atoms with E-state index in [0.29, 0.717) is 0 Å². The molecule has 0 aliphatic rings. The molecule has 88 valence electrons. The van der Waals surface area contributed by atoms with Crippen LogP contribution in [0.25, 0.3) is 0 Å². The molecule has 0 spiro atoms. The van der Waals surface area contributed by atoms with Crippen LogP contribution in [0.2, 0.25) is 0 Å². The molecule has 0 fully saturated rings. The lowest BCUT2D eigenvalue weighted by Crippen LogP contribution is -2.49. The Bertz CT molecular complexity index is 239. The molecule has 0 saturated heterocycles. The third kappa shape index (κ3) is 4.75. The monoisotopic (exact) mass is 219 g/mol. The molecule has 0 aromatic heterocycles. The second-order valence-corrected chi connectivity index (χ2v) is 3.57. The van der Waals surface area contributed by atoms with Crippen LogP contribution in [-0.4, -0.2) is 40.0 Å². The van der Waals surface area contributed by atoms with E-state index in [-0.39, 0.29) is 19.3 Å². The molecule has 0 aromatic carbocycles. The number of rotatable bonds is 7. The van der Waals surface area contributed by atoms with Gasteiger partial charge in [-0.25, -0.2) is 0 Å². The number of nitrogens with one attached hydrogen (secondary N) is 1. The van der Waals surface area contributed by atoms with E-state index in [1.54, 1.807) is 0 Å². The van der Waals surface area contributed by atoms with Crippen LogP contribution in [0.3, 0.4) is 0 Å². The molecular formula is C9H17NO5. The summed E-state index contributed by atoms with van der Waals surface area (Å²) < 4.78 is 0. The molecule has 6 nitrogen and oxygen atoms in total. The predicted octanol–water partition coefficient (Wildman–Crippen LogP) is -0.130. The Kier molecular flexibility index (Phi) is 5.24. The fourth-order valence-electron chi connectivity index (χ4n) is 1.28. The van der Waals surface area contributed by atoms with Gasteiger partial charge in [0, 0.05) is 6.42 Å². The second-order valence-electron chi connectivity index (χ2n) is 3.57. The molecule has 0 saturated carbocycles. The molecule has 0 radical (unpaired) electrons. The molecule has 0 rings (SSSR count). The normalized spacial score (nSPS) is 16.7. The van der Waals surface area contributed by atoms with Crippen molar-refractivity contribution in [1.29, 1.82) is 0 Å². The highest BCUT2D eigenvalue weighted by atomic mass is 16.4. The third-order valence-corrected chi connectivity index (χ3v) is 2.37. The number of hydrogen-bond acceptors (Lipinski definition) is 4. The average molecular weight is 219 g/mol. The highest BCUT2D eigenvalue weighted by Crippen LogP contribution is 2.20. The number of carboxylic acid groups (broad SMARTS) is 2. The quantitative estimate of drug-likeness (QED) is 0.444. The minimum atomic E-state index is -1.52. The van der Waals surface area contributed by atoms with Crippen LogP contribution in [0.5, 0.6) is 0 Å². The van der Waals surface area contributed by atoms with E-state index in [9.17, 15) is 14.7 Å². The fourth-order valence-corrected chi connectivity index (χ4v) is 1.28. The van der Waals surface area contributed by atoms with Gasteiger partial charge >= 0.3 is 11.9 Å². The smallest absolute Gasteiger partial charge is 0.310 e. The van der Waals surface area contributed by atoms with Gasteiger partial charge in [0.15, 0.2) is 0 Å². The summed E-state index contributed by atoms with van der Waals surface area (Å²) in [5.41, 5.74) is -1.52. The zero-order valence-corrected chi connectivity index (χ0v) is 8.86. The van der Waals surface area contributed by atoms with Crippen molar-refractivity contribution in [2.24, 2.45) is 5.92 Å². The van der Waals surface area contributed by atoms with Crippen molar-refractivity contribution < 1.29 is 24.9 Å². The first-order valence-corrected chi connectivity index (χ1v) is 4.67. The molecule has 0 heterocycles. The van der Waals surface area contributed by atoms with Gasteiger partial charge < -0.3 is 15.3 Å². The van der Waals surface area contributed by atoms with E-state index in [1.807, 2.05) is 0 Å². The van der Waals surface area contributed by atoms with Crippen molar-refractivity contribution in [3.8, 4) is 0 Å². The molecule has 2 atom stereocenters. The van der Waals surface area contributed by atoms with Crippen LogP contribution in [0.1, 0.15) is 26.2 Å². The maximum absolute atomic E-state index is 10.8. The molecule has 0 bridgehead atoms. The minimum Gasteiger partial charge on any atom is -0.481 e. The molecular weight excluding hydrogens is 202 g/mol. The van der Waals surface area contributed by atoms with Crippen LogP contribution >= 0.6 is 0 Å². The fraction of sp³-hybridized carbons (Fsp3) is 0.778. The summed E-state index contributed by atoms with van der Waals surface area (Å²) >= 11 is 0. The second kappa shape index (κ2) is 5.67. The first-order valence-electron chi connectivity index (χ1n) is 4.67. The minimum absolute atomic E-state index is 0.0937. The van der Waals surface area contributed by atoms with Crippen molar-refractivity contribution in [1.82, 2.24) is 5.32 Å². The van der Waals surface area contributed by atoms with E-state index in [2.05, 4.69) is 5.32 Å². The molecule has 0 aliphatic carbocycles. The van der Waals surface area contributed by atoms with E-state index in [0.717, 1.165) is 0 Å². The Morgan fingerprint density at radius 2 is 1.93 bits per heavy atom. The molecule has 0 aliphatic heterocycles. The molecule has 2 unspecified atom stereocenters. The summed E-state index contributed by atoms with van der Waals surface area (Å²) in [6, 6.07) is 0. The van der Waals surface area contributed by atoms with Crippen LogP contribution in [0, 0.1) is 5.92 Å². The van der Waals surface area contributed by atoms with Gasteiger partial charge in [-0.05, 0) is 26.8 Å². The Morgan fingerprint density at radius 3 is 2.27 bits per heavy atom. The van der Waals surface area contributed by atoms with Gasteiger partial charge in [0.2, 0.25) is 0 Å². The lowest BCUT2D eigenvalue weighted by Gasteiger charge is -2.29. The van der Waals surface area contributed by atoms with E-state index in [1.165, 1.54) is 14.0 Å². The molecule has 6 heteroatoms. The van der Waals surface area contributed by atoms with Gasteiger partial charge in [0.05, 0.1) is 5.92 Å². The summed E-state index contributed by atoms with van der Waals surface area (Å²) in [7, 11) is 1.45. The number of carboxylic acids is 2. The maximum Gasteiger partial charge on any atom is 0.310 e. The Hall–Kier alpha value is -1.14. The first kappa shape index (κ1) is 13.9. The Balaban J connectivity index is 4.30. The Labute approximate surface area is 87.9 Å². The summed E-state index contributed by atoms with van der Waals surface area (Å²) in [6.07, 6.45) is 0.253. The summed E-state index contributed by atoms with van der Waals surface area (Å²) in [6.45, 7) is 1.35. The summed E-state index contributed by atoms with van der Waals surface area (Å²) in [5, 5.41) is 29.4. The number of hydrogen-bond donors (Lipinski definition) is 4. The van der Waals surface area contributed by atoms with E-state index in [4.69, 9.17) is 10.2 Å². The maximum atomic E-state index is 10.8. The molecule has 0 aromatic rings. The third-order valence-electron chi connectivity index (χ3n) is 2.37. The van der Waals surface area contributed by atoms with Gasteiger partial charge in [-0.15, -0.1) is 0 Å². The van der Waals surface area contributed by atoms with Gasteiger partial charge in [-0.1, -0.05) is 0 Å².